The van der Waals surface area contributed by atoms with Crippen LogP contribution >= 0.6 is 0 Å². The Labute approximate surface area is 233 Å². The van der Waals surface area contributed by atoms with E-state index in [0.717, 1.165) is 61.6 Å². The molecule has 2 aromatic carbocycles. The first-order valence-corrected chi connectivity index (χ1v) is 14.3. The first kappa shape index (κ1) is 26.4. The van der Waals surface area contributed by atoms with Crippen LogP contribution in [0.1, 0.15) is 56.9 Å². The first-order chi connectivity index (χ1) is 19.4. The van der Waals surface area contributed by atoms with Gasteiger partial charge in [-0.05, 0) is 79.7 Å². The highest BCUT2D eigenvalue weighted by atomic mass is 19.1. The molecule has 8 heteroatoms. The second-order valence-corrected chi connectivity index (χ2v) is 11.4. The zero-order chi connectivity index (χ0) is 27.7. The van der Waals surface area contributed by atoms with E-state index in [-0.39, 0.29) is 35.3 Å². The highest BCUT2D eigenvalue weighted by Gasteiger charge is 2.35. The number of carbonyl (C=O) groups is 2. The number of hydrogen-bond donors (Lipinski definition) is 2. The lowest BCUT2D eigenvalue weighted by molar-refractivity contribution is -0.117. The highest BCUT2D eigenvalue weighted by molar-refractivity contribution is 5.92. The summed E-state index contributed by atoms with van der Waals surface area (Å²) < 4.78 is 20.0. The summed E-state index contributed by atoms with van der Waals surface area (Å²) in [6.07, 6.45) is 8.50. The molecule has 3 N–H and O–H groups in total. The SMILES string of the molecule is NC1(c2ccc(-c3cnc(NC(=O)C[C@H]4CC[C@H](N5CCOC5=O)CC4)cc3-c3ccccc3F)cc2)CCC1. The minimum absolute atomic E-state index is 0.109. The van der Waals surface area contributed by atoms with E-state index < -0.39 is 0 Å². The Morgan fingerprint density at radius 2 is 1.80 bits per heavy atom. The number of aromatic nitrogens is 1. The lowest BCUT2D eigenvalue weighted by Gasteiger charge is -2.38. The van der Waals surface area contributed by atoms with Crippen LogP contribution in [0.25, 0.3) is 22.3 Å². The molecule has 1 aromatic heterocycles. The number of pyridine rings is 1. The van der Waals surface area contributed by atoms with Gasteiger partial charge in [-0.15, -0.1) is 0 Å². The fourth-order valence-corrected chi connectivity index (χ4v) is 6.34. The molecule has 3 fully saturated rings. The van der Waals surface area contributed by atoms with Crippen molar-refractivity contribution in [1.29, 1.82) is 0 Å². The lowest BCUT2D eigenvalue weighted by Crippen LogP contribution is -2.43. The van der Waals surface area contributed by atoms with E-state index in [2.05, 4.69) is 22.4 Å². The number of carbonyl (C=O) groups excluding carboxylic acids is 2. The monoisotopic (exact) mass is 542 g/mol. The maximum atomic E-state index is 15.0. The molecule has 1 aliphatic heterocycles. The number of hydrogen-bond acceptors (Lipinski definition) is 5. The second-order valence-electron chi connectivity index (χ2n) is 11.4. The van der Waals surface area contributed by atoms with Gasteiger partial charge in [-0.1, -0.05) is 42.5 Å². The molecule has 0 radical (unpaired) electrons. The molecule has 1 saturated heterocycles. The number of rotatable bonds is 7. The third-order valence-corrected chi connectivity index (χ3v) is 8.88. The molecule has 40 heavy (non-hydrogen) atoms. The summed E-state index contributed by atoms with van der Waals surface area (Å²) >= 11 is 0. The van der Waals surface area contributed by atoms with Crippen molar-refractivity contribution in [1.82, 2.24) is 9.88 Å². The summed E-state index contributed by atoms with van der Waals surface area (Å²) in [5, 5.41) is 2.94. The van der Waals surface area contributed by atoms with Gasteiger partial charge in [-0.2, -0.15) is 0 Å². The summed E-state index contributed by atoms with van der Waals surface area (Å²) in [5.74, 6) is 0.201. The van der Waals surface area contributed by atoms with Crippen molar-refractivity contribution in [3.63, 3.8) is 0 Å². The van der Waals surface area contributed by atoms with Gasteiger partial charge in [-0.25, -0.2) is 14.2 Å². The van der Waals surface area contributed by atoms with E-state index in [1.807, 2.05) is 17.0 Å². The van der Waals surface area contributed by atoms with Crippen molar-refractivity contribution < 1.29 is 18.7 Å². The van der Waals surface area contributed by atoms with E-state index in [9.17, 15) is 14.0 Å². The van der Waals surface area contributed by atoms with Crippen LogP contribution in [0.3, 0.4) is 0 Å². The van der Waals surface area contributed by atoms with Crippen molar-refractivity contribution in [2.24, 2.45) is 11.7 Å². The van der Waals surface area contributed by atoms with E-state index in [0.29, 0.717) is 36.5 Å². The largest absolute Gasteiger partial charge is 0.448 e. The van der Waals surface area contributed by atoms with E-state index in [4.69, 9.17) is 10.5 Å². The first-order valence-electron chi connectivity index (χ1n) is 14.3. The van der Waals surface area contributed by atoms with E-state index >= 15 is 0 Å². The smallest absolute Gasteiger partial charge is 0.410 e. The van der Waals surface area contributed by atoms with Crippen LogP contribution in [-0.2, 0) is 15.1 Å². The maximum absolute atomic E-state index is 15.0. The van der Waals surface area contributed by atoms with Crippen LogP contribution in [0.4, 0.5) is 15.0 Å². The predicted molar refractivity (Wildman–Crippen MR) is 152 cm³/mol. The third kappa shape index (κ3) is 5.32. The summed E-state index contributed by atoms with van der Waals surface area (Å²) in [4.78, 5) is 31.2. The molecule has 2 saturated carbocycles. The minimum Gasteiger partial charge on any atom is -0.448 e. The van der Waals surface area contributed by atoms with Gasteiger partial charge in [0.05, 0.1) is 6.54 Å². The number of nitrogens with two attached hydrogens (primary N) is 1. The number of halogens is 1. The van der Waals surface area contributed by atoms with Crippen LogP contribution in [-0.4, -0.2) is 41.1 Å². The van der Waals surface area contributed by atoms with Gasteiger partial charge >= 0.3 is 6.09 Å². The lowest BCUT2D eigenvalue weighted by atomic mass is 9.72. The number of nitrogens with zero attached hydrogens (tertiary/aromatic N) is 2. The Kier molecular flexibility index (Phi) is 7.27. The third-order valence-electron chi connectivity index (χ3n) is 8.88. The molecule has 3 aliphatic rings. The fraction of sp³-hybridized carbons (Fsp3) is 0.406. The molecule has 2 amide bonds. The molecule has 208 valence electrons. The van der Waals surface area contributed by atoms with Crippen molar-refractivity contribution >= 4 is 17.8 Å². The summed E-state index contributed by atoms with van der Waals surface area (Å²) in [7, 11) is 0. The number of anilines is 1. The van der Waals surface area contributed by atoms with Gasteiger partial charge < -0.3 is 20.7 Å². The van der Waals surface area contributed by atoms with Crippen molar-refractivity contribution in [3.8, 4) is 22.3 Å². The molecule has 2 heterocycles. The maximum Gasteiger partial charge on any atom is 0.410 e. The van der Waals surface area contributed by atoms with Gasteiger partial charge in [0.25, 0.3) is 0 Å². The molecule has 0 unspecified atom stereocenters. The number of nitrogens with one attached hydrogen (secondary N) is 1. The van der Waals surface area contributed by atoms with Crippen molar-refractivity contribution in [2.75, 3.05) is 18.5 Å². The zero-order valence-corrected chi connectivity index (χ0v) is 22.6. The summed E-state index contributed by atoms with van der Waals surface area (Å²) in [6, 6.07) is 16.7. The second kappa shape index (κ2) is 11.0. The Morgan fingerprint density at radius 1 is 1.05 bits per heavy atom. The van der Waals surface area contributed by atoms with E-state index in [1.165, 1.54) is 6.07 Å². The average Bonchev–Trinajstić information content (AvgIpc) is 3.38. The van der Waals surface area contributed by atoms with Crippen LogP contribution in [0.2, 0.25) is 0 Å². The molecule has 3 aromatic rings. The minimum atomic E-state index is -0.335. The van der Waals surface area contributed by atoms with Gasteiger partial charge in [0.1, 0.15) is 18.2 Å². The number of ether oxygens (including phenoxy) is 1. The summed E-state index contributed by atoms with van der Waals surface area (Å²) in [5.41, 5.74) is 10.2. The highest BCUT2D eigenvalue weighted by Crippen LogP contribution is 2.40. The zero-order valence-electron chi connectivity index (χ0n) is 22.6. The molecule has 6 rings (SSSR count). The van der Waals surface area contributed by atoms with Crippen LogP contribution in [0.15, 0.2) is 60.8 Å². The molecule has 0 atom stereocenters. The molecule has 7 nitrogen and oxygen atoms in total. The van der Waals surface area contributed by atoms with Gasteiger partial charge in [-0.3, -0.25) is 4.79 Å². The topological polar surface area (TPSA) is 97.5 Å². The Hall–Kier alpha value is -3.78. The van der Waals surface area contributed by atoms with Crippen molar-refractivity contribution in [3.05, 3.63) is 72.2 Å². The number of amides is 2. The van der Waals surface area contributed by atoms with Crippen LogP contribution < -0.4 is 11.1 Å². The predicted octanol–water partition coefficient (Wildman–Crippen LogP) is 6.23. The Balaban J connectivity index is 1.17. The van der Waals surface area contributed by atoms with E-state index in [1.54, 1.807) is 30.5 Å². The Bertz CT molecular complexity index is 1400. The van der Waals surface area contributed by atoms with Crippen molar-refractivity contribution in [2.45, 2.75) is 62.9 Å². The molecule has 0 bridgehead atoms. The number of cyclic esters (lactones) is 1. The number of benzene rings is 2. The normalized spacial score (nSPS) is 21.9. The molecule has 2 aliphatic carbocycles. The van der Waals surface area contributed by atoms with Gasteiger partial charge in [0.15, 0.2) is 0 Å². The summed E-state index contributed by atoms with van der Waals surface area (Å²) in [6.45, 7) is 1.11. The standard InChI is InChI=1S/C32H35FN4O3/c33-28-5-2-1-4-25(28)26-19-29(35-20-27(26)22-8-10-23(11-9-22)32(34)14-3-15-32)36-30(38)18-21-6-12-24(13-7-21)37-16-17-40-31(37)39/h1-2,4-5,8-11,19-21,24H,3,6-7,12-18,34H2,(H,35,36,38)/t21-,24-. The molecular weight excluding hydrogens is 507 g/mol. The average molecular weight is 543 g/mol. The molecule has 0 spiro atoms. The van der Waals surface area contributed by atoms with Crippen LogP contribution in [0, 0.1) is 11.7 Å². The van der Waals surface area contributed by atoms with Crippen LogP contribution in [0.5, 0.6) is 0 Å². The quantitative estimate of drug-likeness (QED) is 0.369. The fourth-order valence-electron chi connectivity index (χ4n) is 6.34. The van der Waals surface area contributed by atoms with Gasteiger partial charge in [0, 0.05) is 35.3 Å². The molecular formula is C32H35FN4O3. The van der Waals surface area contributed by atoms with Gasteiger partial charge in [0.2, 0.25) is 5.91 Å². The Morgan fingerprint density at radius 3 is 2.45 bits per heavy atom.